The molecule has 0 rings (SSSR count). The molecule has 0 aromatic carbocycles. The second-order valence-electron chi connectivity index (χ2n) is 3.87. The maximum Gasteiger partial charge on any atom is 1.00 e. The van der Waals surface area contributed by atoms with Gasteiger partial charge in [-0.25, -0.2) is 9.59 Å². The Hall–Kier alpha value is 1.16. The molecule has 24 heavy (non-hydrogen) atoms. The van der Waals surface area contributed by atoms with Gasteiger partial charge in [-0.3, -0.25) is 9.13 Å². The molecule has 134 valence electrons. The molecule has 6 N–H and O–H groups in total. The van der Waals surface area contributed by atoms with Gasteiger partial charge in [-0.2, -0.15) is 0 Å². The molecular weight excluding hydrogens is 396 g/mol. The van der Waals surface area contributed by atoms with E-state index in [2.05, 4.69) is 9.47 Å². The third kappa shape index (κ3) is 5.34. The Kier molecular flexibility index (Phi) is 13.1. The van der Waals surface area contributed by atoms with Crippen molar-refractivity contribution in [3.8, 4) is 0 Å². The first kappa shape index (κ1) is 29.9. The van der Waals surface area contributed by atoms with Crippen LogP contribution in [0.2, 0.25) is 0 Å². The maximum atomic E-state index is 11.6. The number of aliphatic hydroxyl groups is 2. The van der Waals surface area contributed by atoms with Gasteiger partial charge in [0.05, 0.1) is 13.2 Å². The van der Waals surface area contributed by atoms with Gasteiger partial charge in [0.1, 0.15) is 0 Å². The van der Waals surface area contributed by atoms with E-state index in [1.165, 1.54) is 0 Å². The van der Waals surface area contributed by atoms with E-state index >= 15 is 0 Å². The smallest absolute Gasteiger partial charge is 1.00 e. The van der Waals surface area contributed by atoms with Crippen molar-refractivity contribution in [3.63, 3.8) is 0 Å². The van der Waals surface area contributed by atoms with Crippen molar-refractivity contribution >= 4 is 27.1 Å². The molecule has 0 heterocycles. The van der Waals surface area contributed by atoms with Gasteiger partial charge in [-0.05, 0) is 13.8 Å². The van der Waals surface area contributed by atoms with Crippen LogP contribution in [0.1, 0.15) is 16.7 Å². The number of rotatable bonds is 7. The second-order valence-corrected chi connectivity index (χ2v) is 7.34. The summed E-state index contributed by atoms with van der Waals surface area (Å²) < 4.78 is 31.0. The van der Waals surface area contributed by atoms with E-state index in [1.54, 1.807) is 0 Å². The van der Waals surface area contributed by atoms with Crippen molar-refractivity contribution in [2.24, 2.45) is 0 Å². The summed E-state index contributed by atoms with van der Waals surface area (Å²) in [6, 6.07) is 0. The van der Waals surface area contributed by atoms with Crippen molar-refractivity contribution in [1.29, 1.82) is 0 Å². The molecule has 0 fully saturated rings. The predicted octanol–water partition coefficient (Wildman–Crippen LogP) is -7.92. The van der Waals surface area contributed by atoms with Gasteiger partial charge >= 0.3 is 96.9 Å². The first-order chi connectivity index (χ1) is 9.71. The molecule has 12 nitrogen and oxygen atoms in total. The molecule has 0 bridgehead atoms. The normalized spacial score (nSPS) is 16.5. The Morgan fingerprint density at radius 1 is 0.833 bits per heavy atom. The Balaban J connectivity index is -0.000000367. The molecule has 2 atom stereocenters. The molecule has 0 saturated carbocycles. The first-order valence-electron chi connectivity index (χ1n) is 5.62. The maximum absolute atomic E-state index is 11.6. The van der Waals surface area contributed by atoms with Crippen LogP contribution in [0.15, 0.2) is 0 Å². The Morgan fingerprint density at radius 3 is 1.17 bits per heavy atom. The van der Waals surface area contributed by atoms with Gasteiger partial charge < -0.3 is 42.1 Å². The van der Waals surface area contributed by atoms with E-state index in [9.17, 15) is 28.9 Å². The largest absolute Gasteiger partial charge is 1.00 e. The number of ether oxygens (including phenoxy) is 2. The molecule has 0 radical (unpaired) electrons. The zero-order valence-corrected chi connectivity index (χ0v) is 19.2. The summed E-state index contributed by atoms with van der Waals surface area (Å²) in [7, 11) is -12.5. The summed E-state index contributed by atoms with van der Waals surface area (Å²) in [6.45, 7) is 1.11. The van der Waals surface area contributed by atoms with Gasteiger partial charge in [0.25, 0.3) is 0 Å². The number of hydrogen-bond acceptors (Lipinski definition) is 8. The minimum absolute atomic E-state index is 0. The van der Waals surface area contributed by atoms with Crippen LogP contribution in [0, 0.1) is 0 Å². The van der Waals surface area contributed by atoms with Crippen LogP contribution in [0.5, 0.6) is 0 Å². The average Bonchev–Trinajstić information content (AvgIpc) is 2.34. The van der Waals surface area contributed by atoms with E-state index in [0.29, 0.717) is 0 Å². The fourth-order valence-electron chi connectivity index (χ4n) is 1.39. The molecule has 0 aromatic rings. The minimum atomic E-state index is -6.23. The van der Waals surface area contributed by atoms with Crippen molar-refractivity contribution in [2.45, 2.75) is 24.5 Å². The first-order valence-corrected chi connectivity index (χ1v) is 8.84. The van der Waals surface area contributed by atoms with E-state index in [0.717, 1.165) is 13.8 Å². The van der Waals surface area contributed by atoms with Gasteiger partial charge in [0, 0.05) is 0 Å². The fourth-order valence-corrected chi connectivity index (χ4v) is 3.77. The standard InChI is InChI=1S/C8H16O12P2.2Na.2H/c1-3-19-5(9)7(11,21(13,14)15)8(12,22(16,17)18)6(10)20-4-2;;;;/h11-12H,3-4H2,1-2H3,(H2,13,14,15)(H2,16,17,18);;;;/q;2*+1;2*-1. The number of carbonyl (C=O) groups is 2. The van der Waals surface area contributed by atoms with Crippen molar-refractivity contribution in [2.75, 3.05) is 13.2 Å². The van der Waals surface area contributed by atoms with E-state index < -0.39 is 51.0 Å². The number of hydrogen-bond donors (Lipinski definition) is 6. The summed E-state index contributed by atoms with van der Waals surface area (Å²) in [5.74, 6) is -4.61. The molecule has 0 aliphatic rings. The monoisotopic (exact) mass is 414 g/mol. The van der Waals surface area contributed by atoms with Gasteiger partial charge in [-0.1, -0.05) is 0 Å². The molecule has 0 amide bonds. The molecule has 0 saturated heterocycles. The van der Waals surface area contributed by atoms with Crippen molar-refractivity contribution in [3.05, 3.63) is 0 Å². The fraction of sp³-hybridized carbons (Fsp3) is 0.750. The van der Waals surface area contributed by atoms with Crippen molar-refractivity contribution < 1.29 is 120 Å². The van der Waals surface area contributed by atoms with Gasteiger partial charge in [0.15, 0.2) is 0 Å². The minimum Gasteiger partial charge on any atom is -1.00 e. The van der Waals surface area contributed by atoms with Crippen LogP contribution >= 0.6 is 15.2 Å². The van der Waals surface area contributed by atoms with Gasteiger partial charge in [-0.15, -0.1) is 0 Å². The zero-order valence-electron chi connectivity index (χ0n) is 15.4. The molecule has 0 spiro atoms. The van der Waals surface area contributed by atoms with Crippen molar-refractivity contribution in [1.82, 2.24) is 0 Å². The zero-order chi connectivity index (χ0) is 18.0. The van der Waals surface area contributed by atoms with Crippen LogP contribution in [0.25, 0.3) is 0 Å². The topological polar surface area (TPSA) is 208 Å². The van der Waals surface area contributed by atoms with Crippen LogP contribution in [0.3, 0.4) is 0 Å². The second kappa shape index (κ2) is 10.5. The summed E-state index contributed by atoms with van der Waals surface area (Å²) in [6.07, 6.45) is 0. The molecule has 0 aliphatic carbocycles. The Morgan fingerprint density at radius 2 is 1.04 bits per heavy atom. The Bertz CT molecular complexity index is 505. The van der Waals surface area contributed by atoms with E-state index in [4.69, 9.17) is 19.6 Å². The quantitative estimate of drug-likeness (QED) is 0.130. The molecule has 0 aromatic heterocycles. The SMILES string of the molecule is CCOC(=O)C(O)(C(O)(C(=O)OCC)P(=O)(O)O)P(=O)(O)O.[H-].[H-].[Na+].[Na+]. The Labute approximate surface area is 183 Å². The summed E-state index contributed by atoms with van der Waals surface area (Å²) in [5, 5.41) is 10.7. The molecule has 16 heteroatoms. The number of carbonyl (C=O) groups excluding carboxylic acids is 2. The van der Waals surface area contributed by atoms with Crippen LogP contribution in [-0.4, -0.2) is 65.6 Å². The van der Waals surface area contributed by atoms with Crippen LogP contribution < -0.4 is 59.1 Å². The average molecular weight is 414 g/mol. The third-order valence-electron chi connectivity index (χ3n) is 2.45. The summed E-state index contributed by atoms with van der Waals surface area (Å²) in [4.78, 5) is 59.7. The molecule has 2 unspecified atom stereocenters. The van der Waals surface area contributed by atoms with Gasteiger partial charge in [0.2, 0.25) is 0 Å². The predicted molar refractivity (Wildman–Crippen MR) is 69.5 cm³/mol. The summed E-state index contributed by atoms with van der Waals surface area (Å²) in [5.41, 5.74) is 0. The molecule has 0 aliphatic heterocycles. The third-order valence-corrected chi connectivity index (χ3v) is 5.32. The summed E-state index contributed by atoms with van der Waals surface area (Å²) >= 11 is 0. The molecular formula is C8H18Na2O12P2. The van der Waals surface area contributed by atoms with Crippen LogP contribution in [-0.2, 0) is 28.2 Å². The van der Waals surface area contributed by atoms with Crippen LogP contribution in [0.4, 0.5) is 0 Å². The van der Waals surface area contributed by atoms with E-state index in [-0.39, 0.29) is 62.0 Å². The number of esters is 2. The van der Waals surface area contributed by atoms with E-state index in [1.807, 2.05) is 0 Å².